The summed E-state index contributed by atoms with van der Waals surface area (Å²) in [6.07, 6.45) is 2.55. The maximum absolute atomic E-state index is 12.0. The molecule has 1 unspecified atom stereocenters. The molecule has 1 aromatic rings. The highest BCUT2D eigenvalue weighted by Gasteiger charge is 2.36. The second kappa shape index (κ2) is 4.78. The minimum atomic E-state index is -3.05. The molecule has 17 heavy (non-hydrogen) atoms. The minimum Gasteiger partial charge on any atom is -0.330 e. The average Bonchev–Trinajstić information content (AvgIpc) is 3.13. The quantitative estimate of drug-likeness (QED) is 0.874. The van der Waals surface area contributed by atoms with Crippen molar-refractivity contribution in [2.75, 3.05) is 6.54 Å². The third-order valence-corrected chi connectivity index (χ3v) is 5.62. The van der Waals surface area contributed by atoms with Gasteiger partial charge in [0.2, 0.25) is 0 Å². The summed E-state index contributed by atoms with van der Waals surface area (Å²) < 4.78 is 24.0. The summed E-state index contributed by atoms with van der Waals surface area (Å²) in [6.45, 7) is 2.76. The Morgan fingerprint density at radius 2 is 1.88 bits per heavy atom. The van der Waals surface area contributed by atoms with Crippen LogP contribution in [0.25, 0.3) is 0 Å². The van der Waals surface area contributed by atoms with Crippen LogP contribution in [-0.4, -0.2) is 20.2 Å². The molecule has 0 bridgehead atoms. The van der Waals surface area contributed by atoms with E-state index in [0.717, 1.165) is 24.8 Å². The Labute approximate surface area is 103 Å². The minimum absolute atomic E-state index is 0.130. The van der Waals surface area contributed by atoms with Crippen LogP contribution in [0.3, 0.4) is 0 Å². The van der Waals surface area contributed by atoms with Gasteiger partial charge < -0.3 is 5.73 Å². The number of nitrogens with two attached hydrogens (primary N) is 1. The summed E-state index contributed by atoms with van der Waals surface area (Å²) in [7, 11) is -3.05. The molecule has 1 aliphatic rings. The van der Waals surface area contributed by atoms with Crippen LogP contribution in [0.2, 0.25) is 0 Å². The van der Waals surface area contributed by atoms with E-state index < -0.39 is 9.84 Å². The third-order valence-electron chi connectivity index (χ3n) is 3.34. The number of hydrogen-bond donors (Lipinski definition) is 1. The maximum atomic E-state index is 12.0. The normalized spacial score (nSPS) is 18.0. The van der Waals surface area contributed by atoms with Gasteiger partial charge >= 0.3 is 0 Å². The van der Waals surface area contributed by atoms with Gasteiger partial charge in [-0.15, -0.1) is 0 Å². The zero-order valence-corrected chi connectivity index (χ0v) is 10.9. The number of sulfone groups is 1. The van der Waals surface area contributed by atoms with Crippen LogP contribution in [0.15, 0.2) is 29.2 Å². The predicted molar refractivity (Wildman–Crippen MR) is 68.7 cm³/mol. The van der Waals surface area contributed by atoms with Crippen molar-refractivity contribution in [1.29, 1.82) is 0 Å². The second-order valence-corrected chi connectivity index (χ2v) is 7.02. The van der Waals surface area contributed by atoms with Crippen LogP contribution in [0, 0.1) is 0 Å². The molecule has 0 amide bonds. The zero-order chi connectivity index (χ0) is 12.5. The summed E-state index contributed by atoms with van der Waals surface area (Å²) in [5, 5.41) is -0.130. The van der Waals surface area contributed by atoms with Gasteiger partial charge in [0.25, 0.3) is 0 Å². The van der Waals surface area contributed by atoms with Crippen LogP contribution in [0.4, 0.5) is 0 Å². The molecule has 3 nitrogen and oxygen atoms in total. The predicted octanol–water partition coefficient (Wildman–Crippen LogP) is 2.08. The molecule has 1 aromatic carbocycles. The molecule has 4 heteroatoms. The van der Waals surface area contributed by atoms with Gasteiger partial charge in [0, 0.05) is 0 Å². The van der Waals surface area contributed by atoms with Crippen molar-refractivity contribution in [1.82, 2.24) is 0 Å². The van der Waals surface area contributed by atoms with Gasteiger partial charge in [0.1, 0.15) is 0 Å². The van der Waals surface area contributed by atoms with Crippen molar-refractivity contribution in [2.24, 2.45) is 5.73 Å². The van der Waals surface area contributed by atoms with Gasteiger partial charge in [0.15, 0.2) is 9.84 Å². The van der Waals surface area contributed by atoms with Gasteiger partial charge in [-0.2, -0.15) is 0 Å². The molecular weight excluding hydrogens is 234 g/mol. The number of hydrogen-bond acceptors (Lipinski definition) is 3. The van der Waals surface area contributed by atoms with E-state index in [0.29, 0.717) is 17.4 Å². The van der Waals surface area contributed by atoms with Crippen LogP contribution in [-0.2, 0) is 9.84 Å². The Bertz CT molecular complexity index is 475. The Morgan fingerprint density at radius 1 is 1.29 bits per heavy atom. The molecule has 2 rings (SSSR count). The molecule has 94 valence electrons. The van der Waals surface area contributed by atoms with Gasteiger partial charge in [-0.25, -0.2) is 8.42 Å². The highest BCUT2D eigenvalue weighted by atomic mass is 32.2. The molecule has 0 heterocycles. The molecule has 0 saturated heterocycles. The highest BCUT2D eigenvalue weighted by molar-refractivity contribution is 7.92. The number of benzene rings is 1. The SMILES string of the molecule is CC(CCN)c1ccc(S(=O)(=O)C2CC2)cc1. The Morgan fingerprint density at radius 3 is 2.35 bits per heavy atom. The Kier molecular flexibility index (Phi) is 3.54. The van der Waals surface area contributed by atoms with Crippen molar-refractivity contribution in [2.45, 2.75) is 42.2 Å². The van der Waals surface area contributed by atoms with Crippen molar-refractivity contribution < 1.29 is 8.42 Å². The molecule has 2 N–H and O–H groups in total. The molecule has 0 aromatic heterocycles. The lowest BCUT2D eigenvalue weighted by atomic mass is 9.98. The van der Waals surface area contributed by atoms with Gasteiger partial charge in [0.05, 0.1) is 10.1 Å². The fourth-order valence-electron chi connectivity index (χ4n) is 1.97. The van der Waals surface area contributed by atoms with Crippen LogP contribution < -0.4 is 5.73 Å². The molecule has 0 spiro atoms. The van der Waals surface area contributed by atoms with E-state index in [4.69, 9.17) is 5.73 Å². The van der Waals surface area contributed by atoms with Crippen LogP contribution >= 0.6 is 0 Å². The fraction of sp³-hybridized carbons (Fsp3) is 0.538. The topological polar surface area (TPSA) is 60.2 Å². The fourth-order valence-corrected chi connectivity index (χ4v) is 3.63. The summed E-state index contributed by atoms with van der Waals surface area (Å²) in [4.78, 5) is 0.462. The monoisotopic (exact) mass is 253 g/mol. The Hall–Kier alpha value is -0.870. The van der Waals surface area contributed by atoms with Crippen LogP contribution in [0.1, 0.15) is 37.7 Å². The van der Waals surface area contributed by atoms with E-state index in [9.17, 15) is 8.42 Å². The smallest absolute Gasteiger partial charge is 0.181 e. The lowest BCUT2D eigenvalue weighted by molar-refractivity contribution is 0.594. The molecule has 1 aliphatic carbocycles. The standard InChI is InChI=1S/C13H19NO2S/c1-10(8-9-14)11-2-4-12(5-3-11)17(15,16)13-6-7-13/h2-5,10,13H,6-9,14H2,1H3. The summed E-state index contributed by atoms with van der Waals surface area (Å²) in [6, 6.07) is 7.29. The van der Waals surface area contributed by atoms with E-state index in [1.165, 1.54) is 0 Å². The first-order valence-electron chi connectivity index (χ1n) is 6.09. The van der Waals surface area contributed by atoms with Gasteiger partial charge in [-0.05, 0) is 49.4 Å². The molecule has 1 atom stereocenters. The average molecular weight is 253 g/mol. The van der Waals surface area contributed by atoms with E-state index >= 15 is 0 Å². The van der Waals surface area contributed by atoms with Crippen molar-refractivity contribution in [3.05, 3.63) is 29.8 Å². The zero-order valence-electron chi connectivity index (χ0n) is 10.1. The Balaban J connectivity index is 2.18. The molecule has 1 saturated carbocycles. The lowest BCUT2D eigenvalue weighted by Gasteiger charge is -2.11. The van der Waals surface area contributed by atoms with Crippen molar-refractivity contribution in [3.8, 4) is 0 Å². The van der Waals surface area contributed by atoms with E-state index in [2.05, 4.69) is 6.92 Å². The van der Waals surface area contributed by atoms with Crippen molar-refractivity contribution >= 4 is 9.84 Å². The van der Waals surface area contributed by atoms with Crippen molar-refractivity contribution in [3.63, 3.8) is 0 Å². The first-order chi connectivity index (χ1) is 8.05. The highest BCUT2D eigenvalue weighted by Crippen LogP contribution is 2.33. The number of rotatable bonds is 5. The molecule has 0 radical (unpaired) electrons. The lowest BCUT2D eigenvalue weighted by Crippen LogP contribution is -2.08. The molecular formula is C13H19NO2S. The molecule has 0 aliphatic heterocycles. The summed E-state index contributed by atoms with van der Waals surface area (Å²) in [5.41, 5.74) is 6.68. The van der Waals surface area contributed by atoms with Gasteiger partial charge in [-0.1, -0.05) is 19.1 Å². The first kappa shape index (κ1) is 12.6. The van der Waals surface area contributed by atoms with E-state index in [1.54, 1.807) is 12.1 Å². The van der Waals surface area contributed by atoms with E-state index in [1.807, 2.05) is 12.1 Å². The molecule has 1 fully saturated rings. The summed E-state index contributed by atoms with van der Waals surface area (Å²) in [5.74, 6) is 0.387. The van der Waals surface area contributed by atoms with Gasteiger partial charge in [-0.3, -0.25) is 0 Å². The second-order valence-electron chi connectivity index (χ2n) is 4.79. The largest absolute Gasteiger partial charge is 0.330 e. The first-order valence-corrected chi connectivity index (χ1v) is 7.64. The maximum Gasteiger partial charge on any atom is 0.181 e. The third kappa shape index (κ3) is 2.69. The summed E-state index contributed by atoms with van der Waals surface area (Å²) >= 11 is 0. The van der Waals surface area contributed by atoms with E-state index in [-0.39, 0.29) is 5.25 Å². The van der Waals surface area contributed by atoms with Crippen LogP contribution in [0.5, 0.6) is 0 Å².